The number of allylic oxidation sites excluding steroid dienone is 5. The average molecular weight is 300 g/mol. The van der Waals surface area contributed by atoms with E-state index in [9.17, 15) is 0 Å². The van der Waals surface area contributed by atoms with E-state index in [0.29, 0.717) is 0 Å². The van der Waals surface area contributed by atoms with Crippen LogP contribution in [0.5, 0.6) is 0 Å². The lowest BCUT2D eigenvalue weighted by molar-refractivity contribution is 1.31. The molecule has 23 heavy (non-hydrogen) atoms. The maximum absolute atomic E-state index is 4.55. The summed E-state index contributed by atoms with van der Waals surface area (Å²) in [6.07, 6.45) is 8.02. The Hall–Kier alpha value is -2.87. The van der Waals surface area contributed by atoms with Crippen LogP contribution in [0, 0.1) is 0 Å². The van der Waals surface area contributed by atoms with Gasteiger partial charge in [0.15, 0.2) is 0 Å². The number of fused-ring (bicyclic) bond motifs is 1. The van der Waals surface area contributed by atoms with Gasteiger partial charge < -0.3 is 4.98 Å². The number of aromatic amines is 1. The number of nitrogens with zero attached hydrogens (tertiary/aromatic N) is 1. The third kappa shape index (κ3) is 3.49. The van der Waals surface area contributed by atoms with Gasteiger partial charge in [0.1, 0.15) is 5.65 Å². The molecule has 0 fully saturated rings. The molecule has 0 saturated heterocycles. The molecule has 2 heteroatoms. The van der Waals surface area contributed by atoms with E-state index in [-0.39, 0.29) is 0 Å². The summed E-state index contributed by atoms with van der Waals surface area (Å²) in [6, 6.07) is 14.6. The van der Waals surface area contributed by atoms with E-state index in [0.717, 1.165) is 27.9 Å². The fourth-order valence-corrected chi connectivity index (χ4v) is 2.46. The van der Waals surface area contributed by atoms with Crippen molar-refractivity contribution in [3.8, 4) is 11.3 Å². The van der Waals surface area contributed by atoms with Crippen LogP contribution in [-0.4, -0.2) is 9.97 Å². The molecule has 0 radical (unpaired) electrons. The molecule has 2 aromatic heterocycles. The van der Waals surface area contributed by atoms with E-state index < -0.39 is 0 Å². The fraction of sp³-hybridized carbons (Fsp3) is 0.0952. The Morgan fingerprint density at radius 3 is 2.65 bits per heavy atom. The highest BCUT2D eigenvalue weighted by Crippen LogP contribution is 2.25. The number of hydrogen-bond donors (Lipinski definition) is 1. The zero-order valence-corrected chi connectivity index (χ0v) is 13.5. The largest absolute Gasteiger partial charge is 0.339 e. The monoisotopic (exact) mass is 300 g/mol. The second-order valence-electron chi connectivity index (χ2n) is 5.77. The molecule has 3 aromatic rings. The van der Waals surface area contributed by atoms with Gasteiger partial charge in [-0.15, -0.1) is 0 Å². The Bertz CT molecular complexity index is 896. The van der Waals surface area contributed by atoms with E-state index in [1.54, 1.807) is 0 Å². The summed E-state index contributed by atoms with van der Waals surface area (Å²) in [5, 5.41) is 1.12. The second-order valence-corrected chi connectivity index (χ2v) is 5.77. The maximum Gasteiger partial charge on any atom is 0.137 e. The Balaban J connectivity index is 1.95. The molecule has 3 rings (SSSR count). The van der Waals surface area contributed by atoms with Crippen LogP contribution in [-0.2, 0) is 0 Å². The topological polar surface area (TPSA) is 28.7 Å². The quantitative estimate of drug-likeness (QED) is 0.609. The molecule has 0 atom stereocenters. The molecule has 0 bridgehead atoms. The van der Waals surface area contributed by atoms with Crippen LogP contribution in [0.3, 0.4) is 0 Å². The van der Waals surface area contributed by atoms with E-state index >= 15 is 0 Å². The fourth-order valence-electron chi connectivity index (χ4n) is 2.46. The molecule has 1 aromatic carbocycles. The van der Waals surface area contributed by atoms with Crippen molar-refractivity contribution in [2.75, 3.05) is 0 Å². The number of hydrogen-bond acceptors (Lipinski definition) is 1. The Kier molecular flexibility index (Phi) is 4.24. The van der Waals surface area contributed by atoms with Gasteiger partial charge in [-0.3, -0.25) is 0 Å². The summed E-state index contributed by atoms with van der Waals surface area (Å²) in [4.78, 5) is 7.93. The molecule has 0 amide bonds. The van der Waals surface area contributed by atoms with Crippen LogP contribution < -0.4 is 0 Å². The van der Waals surface area contributed by atoms with Crippen molar-refractivity contribution in [1.29, 1.82) is 0 Å². The van der Waals surface area contributed by atoms with Gasteiger partial charge in [-0.05, 0) is 42.7 Å². The molecule has 0 unspecified atom stereocenters. The smallest absolute Gasteiger partial charge is 0.137 e. The van der Waals surface area contributed by atoms with Gasteiger partial charge in [0.2, 0.25) is 0 Å². The van der Waals surface area contributed by atoms with Gasteiger partial charge in [0.05, 0.1) is 0 Å². The standard InChI is InChI=1S/C21H20N2/c1-15(2)8-7-9-16(3)19-12-18-13-20(23-21(18)22-14-19)17-10-5-4-6-11-17/h4-14H,1H2,2-3H3,(H,22,23)/b8-7-,16-9+. The van der Waals surface area contributed by atoms with E-state index in [1.165, 1.54) is 11.1 Å². The van der Waals surface area contributed by atoms with Gasteiger partial charge in [-0.25, -0.2) is 4.98 Å². The minimum Gasteiger partial charge on any atom is -0.339 e. The SMILES string of the molecule is C=C(C)/C=C\C=C(/C)c1cnc2[nH]c(-c3ccccc3)cc2c1. The molecule has 0 aliphatic heterocycles. The summed E-state index contributed by atoms with van der Waals surface area (Å²) in [5.74, 6) is 0. The molecule has 0 spiro atoms. The number of pyridine rings is 1. The van der Waals surface area contributed by atoms with Crippen LogP contribution in [0.1, 0.15) is 19.4 Å². The van der Waals surface area contributed by atoms with Crippen molar-refractivity contribution in [1.82, 2.24) is 9.97 Å². The van der Waals surface area contributed by atoms with Crippen molar-refractivity contribution in [2.24, 2.45) is 0 Å². The maximum atomic E-state index is 4.55. The zero-order chi connectivity index (χ0) is 16.2. The van der Waals surface area contributed by atoms with Gasteiger partial charge >= 0.3 is 0 Å². The summed E-state index contributed by atoms with van der Waals surface area (Å²) in [7, 11) is 0. The summed E-state index contributed by atoms with van der Waals surface area (Å²) in [5.41, 5.74) is 6.53. The normalized spacial score (nSPS) is 12.2. The lowest BCUT2D eigenvalue weighted by Gasteiger charge is -2.00. The summed E-state index contributed by atoms with van der Waals surface area (Å²) < 4.78 is 0. The average Bonchev–Trinajstić information content (AvgIpc) is 2.98. The highest BCUT2D eigenvalue weighted by atomic mass is 14.9. The van der Waals surface area contributed by atoms with Crippen molar-refractivity contribution >= 4 is 16.6 Å². The van der Waals surface area contributed by atoms with E-state index in [1.807, 2.05) is 43.5 Å². The highest BCUT2D eigenvalue weighted by Gasteiger charge is 2.05. The van der Waals surface area contributed by atoms with Crippen LogP contribution in [0.15, 0.2) is 79.0 Å². The number of nitrogens with one attached hydrogen (secondary N) is 1. The highest BCUT2D eigenvalue weighted by molar-refractivity contribution is 5.85. The molecule has 0 saturated carbocycles. The van der Waals surface area contributed by atoms with Crippen molar-refractivity contribution in [3.63, 3.8) is 0 Å². The molecule has 1 N–H and O–H groups in total. The molecule has 0 aliphatic rings. The molecule has 2 heterocycles. The first-order valence-corrected chi connectivity index (χ1v) is 7.68. The van der Waals surface area contributed by atoms with E-state index in [4.69, 9.17) is 0 Å². The first-order chi connectivity index (χ1) is 11.1. The summed E-state index contributed by atoms with van der Waals surface area (Å²) in [6.45, 7) is 7.94. The molecule has 114 valence electrons. The Labute approximate surface area is 136 Å². The number of H-pyrrole nitrogens is 1. The van der Waals surface area contributed by atoms with Crippen LogP contribution in [0.25, 0.3) is 27.9 Å². The van der Waals surface area contributed by atoms with Crippen molar-refractivity contribution in [2.45, 2.75) is 13.8 Å². The lowest BCUT2D eigenvalue weighted by atomic mass is 10.1. The van der Waals surface area contributed by atoms with Gasteiger partial charge in [-0.2, -0.15) is 0 Å². The Morgan fingerprint density at radius 2 is 1.91 bits per heavy atom. The number of benzene rings is 1. The third-order valence-electron chi connectivity index (χ3n) is 3.74. The first-order valence-electron chi connectivity index (χ1n) is 7.68. The van der Waals surface area contributed by atoms with Gasteiger partial charge in [-0.1, -0.05) is 60.7 Å². The third-order valence-corrected chi connectivity index (χ3v) is 3.74. The predicted octanol–water partition coefficient (Wildman–Crippen LogP) is 5.77. The first kappa shape index (κ1) is 15.0. The molecule has 0 aliphatic carbocycles. The molecular weight excluding hydrogens is 280 g/mol. The minimum absolute atomic E-state index is 0.915. The van der Waals surface area contributed by atoms with Crippen LogP contribution >= 0.6 is 0 Å². The second kappa shape index (κ2) is 6.49. The molecular formula is C21H20N2. The minimum atomic E-state index is 0.915. The van der Waals surface area contributed by atoms with Crippen molar-refractivity contribution < 1.29 is 0 Å². The van der Waals surface area contributed by atoms with E-state index in [2.05, 4.69) is 53.8 Å². The van der Waals surface area contributed by atoms with Crippen LogP contribution in [0.2, 0.25) is 0 Å². The lowest BCUT2D eigenvalue weighted by Crippen LogP contribution is -1.83. The van der Waals surface area contributed by atoms with Gasteiger partial charge in [0, 0.05) is 17.3 Å². The van der Waals surface area contributed by atoms with Crippen LogP contribution in [0.4, 0.5) is 0 Å². The number of rotatable bonds is 4. The zero-order valence-electron chi connectivity index (χ0n) is 13.5. The Morgan fingerprint density at radius 1 is 1.13 bits per heavy atom. The predicted molar refractivity (Wildman–Crippen MR) is 99.1 cm³/mol. The number of aromatic nitrogens is 2. The molecule has 2 nitrogen and oxygen atoms in total. The van der Waals surface area contributed by atoms with Crippen molar-refractivity contribution in [3.05, 3.63) is 84.6 Å². The summed E-state index contributed by atoms with van der Waals surface area (Å²) >= 11 is 0. The van der Waals surface area contributed by atoms with Gasteiger partial charge in [0.25, 0.3) is 0 Å².